The molecule has 4 rings (SSSR count). The van der Waals surface area contributed by atoms with Crippen LogP contribution in [0.4, 0.5) is 17.5 Å². The van der Waals surface area contributed by atoms with Gasteiger partial charge in [-0.2, -0.15) is 4.31 Å². The van der Waals surface area contributed by atoms with Crippen LogP contribution >= 0.6 is 11.6 Å². The monoisotopic (exact) mass is 474 g/mol. The van der Waals surface area contributed by atoms with Crippen molar-refractivity contribution < 1.29 is 13.2 Å². The summed E-state index contributed by atoms with van der Waals surface area (Å²) in [5.74, 6) is 2.93. The Kier molecular flexibility index (Phi) is 6.45. The molecular weight excluding hydrogens is 452 g/mol. The maximum atomic E-state index is 13.2. The molecule has 1 aliphatic heterocycles. The van der Waals surface area contributed by atoms with Crippen molar-refractivity contribution in [1.82, 2.24) is 19.3 Å². The number of hydrogen-bond acceptors (Lipinski definition) is 8. The molecule has 9 nitrogen and oxygen atoms in total. The Labute approximate surface area is 192 Å². The van der Waals surface area contributed by atoms with Crippen LogP contribution in [0.1, 0.15) is 5.82 Å². The van der Waals surface area contributed by atoms with E-state index in [1.807, 2.05) is 36.1 Å². The first-order chi connectivity index (χ1) is 15.4. The van der Waals surface area contributed by atoms with E-state index in [2.05, 4.69) is 20.3 Å². The molecule has 1 aliphatic rings. The fourth-order valence-electron chi connectivity index (χ4n) is 3.49. The van der Waals surface area contributed by atoms with Crippen molar-refractivity contribution in [2.45, 2.75) is 11.8 Å². The molecule has 1 fully saturated rings. The van der Waals surface area contributed by atoms with Crippen molar-refractivity contribution in [3.8, 4) is 5.75 Å². The molecule has 1 N–H and O–H groups in total. The third kappa shape index (κ3) is 4.77. The minimum atomic E-state index is -3.75. The molecule has 1 saturated heterocycles. The van der Waals surface area contributed by atoms with Gasteiger partial charge in [-0.1, -0.05) is 17.7 Å². The van der Waals surface area contributed by atoms with Gasteiger partial charge in [-0.25, -0.2) is 23.4 Å². The molecule has 0 radical (unpaired) electrons. The lowest BCUT2D eigenvalue weighted by Gasteiger charge is -2.35. The standard InChI is InChI=1S/C21H23ClN6O3S/c1-15-24-20(26-19-5-3-4-8-23-19)14-21(25-15)27-9-11-28(12-10-27)32(29,30)18-13-16(22)6-7-17(18)31-2/h3-8,13-14H,9-12H2,1-2H3,(H,23,24,25,26). The topological polar surface area (TPSA) is 101 Å². The van der Waals surface area contributed by atoms with Gasteiger partial charge in [0.1, 0.15) is 33.9 Å². The lowest BCUT2D eigenvalue weighted by Crippen LogP contribution is -2.49. The smallest absolute Gasteiger partial charge is 0.246 e. The molecule has 2 aromatic heterocycles. The number of ether oxygens (including phenoxy) is 1. The molecule has 1 aromatic carbocycles. The number of aryl methyl sites for hydroxylation is 1. The van der Waals surface area contributed by atoms with E-state index < -0.39 is 10.0 Å². The van der Waals surface area contributed by atoms with E-state index in [9.17, 15) is 8.42 Å². The number of pyridine rings is 1. The van der Waals surface area contributed by atoms with Crippen molar-refractivity contribution in [3.05, 3.63) is 59.5 Å². The van der Waals surface area contributed by atoms with Crippen LogP contribution in [-0.2, 0) is 10.0 Å². The molecule has 11 heteroatoms. The Morgan fingerprint density at radius 3 is 2.50 bits per heavy atom. The van der Waals surface area contributed by atoms with E-state index >= 15 is 0 Å². The first kappa shape index (κ1) is 22.3. The second-order valence-electron chi connectivity index (χ2n) is 7.18. The van der Waals surface area contributed by atoms with Crippen LogP contribution in [0.2, 0.25) is 5.02 Å². The summed E-state index contributed by atoms with van der Waals surface area (Å²) >= 11 is 6.04. The third-order valence-corrected chi connectivity index (χ3v) is 7.21. The first-order valence-corrected chi connectivity index (χ1v) is 11.8. The first-order valence-electron chi connectivity index (χ1n) is 9.99. The van der Waals surface area contributed by atoms with Crippen LogP contribution in [0.3, 0.4) is 0 Å². The summed E-state index contributed by atoms with van der Waals surface area (Å²) in [4.78, 5) is 15.3. The summed E-state index contributed by atoms with van der Waals surface area (Å²) in [6.45, 7) is 3.41. The Bertz CT molecular complexity index is 1200. The summed E-state index contributed by atoms with van der Waals surface area (Å²) < 4.78 is 33.1. The summed E-state index contributed by atoms with van der Waals surface area (Å²) in [6.07, 6.45) is 1.70. The Morgan fingerprint density at radius 1 is 1.03 bits per heavy atom. The zero-order chi connectivity index (χ0) is 22.7. The maximum Gasteiger partial charge on any atom is 0.246 e. The van der Waals surface area contributed by atoms with E-state index in [0.29, 0.717) is 48.7 Å². The molecule has 3 heterocycles. The number of nitrogens with one attached hydrogen (secondary N) is 1. The van der Waals surface area contributed by atoms with E-state index in [-0.39, 0.29) is 10.6 Å². The van der Waals surface area contributed by atoms with Crippen molar-refractivity contribution in [3.63, 3.8) is 0 Å². The van der Waals surface area contributed by atoms with Crippen LogP contribution < -0.4 is 15.0 Å². The number of methoxy groups -OCH3 is 1. The van der Waals surface area contributed by atoms with E-state index in [1.165, 1.54) is 17.5 Å². The predicted octanol–water partition coefficient (Wildman–Crippen LogP) is 3.10. The maximum absolute atomic E-state index is 13.2. The summed E-state index contributed by atoms with van der Waals surface area (Å²) in [5, 5.41) is 3.52. The van der Waals surface area contributed by atoms with Gasteiger partial charge in [-0.3, -0.25) is 0 Å². The van der Waals surface area contributed by atoms with Crippen LogP contribution in [-0.4, -0.2) is 61.0 Å². The summed E-state index contributed by atoms with van der Waals surface area (Å²) in [5.41, 5.74) is 0. The number of hydrogen-bond donors (Lipinski definition) is 1. The molecule has 3 aromatic rings. The number of benzene rings is 1. The van der Waals surface area contributed by atoms with E-state index in [4.69, 9.17) is 16.3 Å². The largest absolute Gasteiger partial charge is 0.495 e. The molecule has 0 aliphatic carbocycles. The number of halogens is 1. The Morgan fingerprint density at radius 2 is 1.81 bits per heavy atom. The Balaban J connectivity index is 1.50. The molecule has 0 atom stereocenters. The molecule has 0 unspecified atom stereocenters. The second-order valence-corrected chi connectivity index (χ2v) is 9.53. The number of aromatic nitrogens is 3. The number of anilines is 3. The van der Waals surface area contributed by atoms with Crippen LogP contribution in [0.5, 0.6) is 5.75 Å². The molecule has 0 saturated carbocycles. The highest BCUT2D eigenvalue weighted by Gasteiger charge is 2.31. The fraction of sp³-hybridized carbons (Fsp3) is 0.286. The molecule has 168 valence electrons. The second kappa shape index (κ2) is 9.27. The average molecular weight is 475 g/mol. The van der Waals surface area contributed by atoms with Gasteiger partial charge < -0.3 is 15.0 Å². The highest BCUT2D eigenvalue weighted by atomic mass is 35.5. The van der Waals surface area contributed by atoms with Gasteiger partial charge in [0.2, 0.25) is 10.0 Å². The number of rotatable bonds is 6. The fourth-order valence-corrected chi connectivity index (χ4v) is 5.34. The van der Waals surface area contributed by atoms with Crippen LogP contribution in [0.15, 0.2) is 53.6 Å². The minimum Gasteiger partial charge on any atom is -0.495 e. The molecule has 32 heavy (non-hydrogen) atoms. The number of piperazine rings is 1. The van der Waals surface area contributed by atoms with Crippen molar-refractivity contribution in [1.29, 1.82) is 0 Å². The summed E-state index contributed by atoms with van der Waals surface area (Å²) in [7, 11) is -2.31. The average Bonchev–Trinajstić information content (AvgIpc) is 2.79. The van der Waals surface area contributed by atoms with Crippen molar-refractivity contribution in [2.75, 3.05) is 43.5 Å². The van der Waals surface area contributed by atoms with E-state index in [0.717, 1.165) is 5.82 Å². The SMILES string of the molecule is COc1ccc(Cl)cc1S(=O)(=O)N1CCN(c2cc(Nc3ccccn3)nc(C)n2)CC1. The van der Waals surface area contributed by atoms with Gasteiger partial charge in [-0.15, -0.1) is 0 Å². The van der Waals surface area contributed by atoms with Gasteiger partial charge in [0, 0.05) is 43.5 Å². The highest BCUT2D eigenvalue weighted by Crippen LogP contribution is 2.30. The van der Waals surface area contributed by atoms with Gasteiger partial charge >= 0.3 is 0 Å². The van der Waals surface area contributed by atoms with Crippen LogP contribution in [0.25, 0.3) is 0 Å². The number of sulfonamides is 1. The van der Waals surface area contributed by atoms with Gasteiger partial charge in [0.25, 0.3) is 0 Å². The lowest BCUT2D eigenvalue weighted by atomic mass is 10.3. The van der Waals surface area contributed by atoms with Crippen molar-refractivity contribution in [2.24, 2.45) is 0 Å². The minimum absolute atomic E-state index is 0.0701. The summed E-state index contributed by atoms with van der Waals surface area (Å²) in [6, 6.07) is 12.0. The third-order valence-electron chi connectivity index (χ3n) is 5.05. The highest BCUT2D eigenvalue weighted by molar-refractivity contribution is 7.89. The molecular formula is C21H23ClN6O3S. The number of nitrogens with zero attached hydrogens (tertiary/aromatic N) is 5. The molecule has 0 bridgehead atoms. The predicted molar refractivity (Wildman–Crippen MR) is 123 cm³/mol. The quantitative estimate of drug-likeness (QED) is 0.581. The van der Waals surface area contributed by atoms with Gasteiger partial charge in [-0.05, 0) is 37.3 Å². The Hall–Kier alpha value is -2.95. The lowest BCUT2D eigenvalue weighted by molar-refractivity contribution is 0.373. The zero-order valence-electron chi connectivity index (χ0n) is 17.7. The molecule has 0 amide bonds. The van der Waals surface area contributed by atoms with Gasteiger partial charge in [0.15, 0.2) is 0 Å². The zero-order valence-corrected chi connectivity index (χ0v) is 19.3. The molecule has 0 spiro atoms. The van der Waals surface area contributed by atoms with Gasteiger partial charge in [0.05, 0.1) is 7.11 Å². The normalized spacial score (nSPS) is 14.9. The van der Waals surface area contributed by atoms with E-state index in [1.54, 1.807) is 18.3 Å². The van der Waals surface area contributed by atoms with Crippen molar-refractivity contribution >= 4 is 39.1 Å². The van der Waals surface area contributed by atoms with Crippen LogP contribution in [0, 0.1) is 6.92 Å².